The molecular formula is C67H117ClF3N11O14. The van der Waals surface area contributed by atoms with Crippen molar-refractivity contribution in [2.75, 3.05) is 94.9 Å². The lowest BCUT2D eigenvalue weighted by Gasteiger charge is -2.38. The van der Waals surface area contributed by atoms with E-state index in [-0.39, 0.29) is 83.1 Å². The van der Waals surface area contributed by atoms with Gasteiger partial charge in [-0.25, -0.2) is 0 Å². The molecule has 0 aromatic rings. The molecule has 1 saturated heterocycles. The predicted octanol–water partition coefficient (Wildman–Crippen LogP) is 4.58. The highest BCUT2D eigenvalue weighted by Gasteiger charge is 2.48. The Kier molecular flexibility index (Phi) is 35.1. The van der Waals surface area contributed by atoms with Crippen LogP contribution in [0.5, 0.6) is 0 Å². The number of rotatable bonds is 20. The van der Waals surface area contributed by atoms with Gasteiger partial charge >= 0.3 is 6.18 Å². The van der Waals surface area contributed by atoms with Gasteiger partial charge in [-0.2, -0.15) is 13.2 Å². The molecule has 3 unspecified atom stereocenters. The van der Waals surface area contributed by atoms with Gasteiger partial charge in [0.25, 0.3) is 0 Å². The third-order valence-corrected chi connectivity index (χ3v) is 18.5. The van der Waals surface area contributed by atoms with Gasteiger partial charge < -0.3 is 70.1 Å². The highest BCUT2D eigenvalue weighted by atomic mass is 35.5. The summed E-state index contributed by atoms with van der Waals surface area (Å²) in [6.07, 6.45) is -2.95. The van der Waals surface area contributed by atoms with Crippen molar-refractivity contribution in [1.29, 1.82) is 0 Å². The fourth-order valence-corrected chi connectivity index (χ4v) is 12.2. The molecule has 25 nitrogen and oxygen atoms in total. The first kappa shape index (κ1) is 86.2. The number of unbranched alkanes of at least 4 members (excludes halogenated alkanes) is 1. The first-order chi connectivity index (χ1) is 44.3. The number of alkyl halides is 4. The van der Waals surface area contributed by atoms with Gasteiger partial charge in [0.1, 0.15) is 41.8 Å². The molecule has 0 radical (unpaired) electrons. The Morgan fingerprint density at radius 2 is 1.27 bits per heavy atom. The first-order valence-corrected chi connectivity index (χ1v) is 34.4. The fourth-order valence-electron chi connectivity index (χ4n) is 11.7. The van der Waals surface area contributed by atoms with E-state index in [9.17, 15) is 66.2 Å². The third-order valence-electron chi connectivity index (χ3n) is 18.0. The molecular weight excluding hydrogens is 1280 g/mol. The topological polar surface area (TPSA) is 297 Å². The van der Waals surface area contributed by atoms with Gasteiger partial charge in [-0.3, -0.25) is 52.7 Å². The van der Waals surface area contributed by atoms with Crippen LogP contribution in [0.15, 0.2) is 0 Å². The van der Waals surface area contributed by atoms with Gasteiger partial charge in [-0.05, 0) is 116 Å². The standard InChI is InChI=1S/C67H117ClF3N11O14/c1-21-23-29-82-36-54(85)76(15)35-55(86)79(18)51(38-95-30-28-40(3)4)62(91)77(16)34-52(83)73-48(27-25-45-24-26-46(47(68)33-45)67(69,70)71)61(90)80(19)50(37-96-39-65(11,12)94)59(88)75-66(13,14)64(93)81(20)57(42(7)8)60(89)72-44(10)32-53(84)78(17)49(31-41(5)6)58(87)74-56(63(82)92)43(9)22-2/h40-51,56-57,94H,21-39H2,1-20H3,(H,72,89)(H,73,83)(H,74,87)(H,75,88)/t43-,44+,45?,46?,47?,48-,49-,50-,51-,56-,57-/m0/s1. The van der Waals surface area contributed by atoms with E-state index >= 15 is 4.79 Å². The number of likely N-dealkylation sites (N-methyl/N-ethyl adjacent to an activating group) is 6. The van der Waals surface area contributed by atoms with Crippen molar-refractivity contribution in [1.82, 2.24) is 55.6 Å². The molecule has 0 spiro atoms. The molecule has 2 aliphatic rings. The van der Waals surface area contributed by atoms with E-state index in [1.807, 2.05) is 41.5 Å². The molecule has 0 aromatic carbocycles. The summed E-state index contributed by atoms with van der Waals surface area (Å²) in [5, 5.41) is 20.5. The van der Waals surface area contributed by atoms with Crippen LogP contribution in [-0.2, 0) is 62.2 Å². The van der Waals surface area contributed by atoms with Crippen LogP contribution in [0.1, 0.15) is 168 Å². The van der Waals surface area contributed by atoms with Crippen molar-refractivity contribution < 1.29 is 80.5 Å². The van der Waals surface area contributed by atoms with Crippen LogP contribution in [0.3, 0.4) is 0 Å². The van der Waals surface area contributed by atoms with E-state index in [1.54, 1.807) is 27.7 Å². The summed E-state index contributed by atoms with van der Waals surface area (Å²) in [6.45, 7) is 21.0. The molecule has 1 saturated carbocycles. The van der Waals surface area contributed by atoms with Crippen LogP contribution in [0.2, 0.25) is 0 Å². The Morgan fingerprint density at radius 3 is 1.81 bits per heavy atom. The van der Waals surface area contributed by atoms with Crippen molar-refractivity contribution >= 4 is 76.6 Å². The van der Waals surface area contributed by atoms with E-state index in [0.717, 1.165) is 24.5 Å². The molecule has 29 heteroatoms. The zero-order valence-corrected chi connectivity index (χ0v) is 61.7. The smallest absolute Gasteiger partial charge is 0.388 e. The number of nitrogens with zero attached hydrogens (tertiary/aromatic N) is 7. The first-order valence-electron chi connectivity index (χ1n) is 33.9. The van der Waals surface area contributed by atoms with Crippen LogP contribution in [-0.4, -0.2) is 264 Å². The molecule has 2 fully saturated rings. The average molecular weight is 1390 g/mol. The zero-order chi connectivity index (χ0) is 73.7. The van der Waals surface area contributed by atoms with E-state index in [4.69, 9.17) is 21.1 Å². The van der Waals surface area contributed by atoms with Crippen molar-refractivity contribution in [3.8, 4) is 0 Å². The fraction of sp³-hybridized carbons (Fsp3) is 0.836. The molecule has 0 bridgehead atoms. The summed E-state index contributed by atoms with van der Waals surface area (Å²) in [5.74, 6) is -11.2. The molecule has 11 atom stereocenters. The number of carbonyl (C=O) groups is 11. The molecule has 1 aliphatic carbocycles. The Labute approximate surface area is 573 Å². The summed E-state index contributed by atoms with van der Waals surface area (Å²) >= 11 is 6.35. The van der Waals surface area contributed by atoms with Gasteiger partial charge in [-0.15, -0.1) is 11.6 Å². The highest BCUT2D eigenvalue weighted by molar-refractivity contribution is 6.20. The number of amides is 11. The minimum atomic E-state index is -4.55. The van der Waals surface area contributed by atoms with Gasteiger partial charge in [0, 0.05) is 73.3 Å². The molecule has 2 rings (SSSR count). The lowest BCUT2D eigenvalue weighted by Crippen LogP contribution is -2.64. The third kappa shape index (κ3) is 27.1. The minimum Gasteiger partial charge on any atom is -0.388 e. The van der Waals surface area contributed by atoms with Crippen molar-refractivity contribution in [2.45, 2.75) is 233 Å². The van der Waals surface area contributed by atoms with Crippen LogP contribution in [0, 0.1) is 35.5 Å². The largest absolute Gasteiger partial charge is 0.393 e. The summed E-state index contributed by atoms with van der Waals surface area (Å²) in [6, 6.07) is -8.83. The second-order valence-electron chi connectivity index (χ2n) is 29.0. The maximum absolute atomic E-state index is 15.1. The minimum absolute atomic E-state index is 0.0663. The zero-order valence-electron chi connectivity index (χ0n) is 60.9. The molecule has 96 heavy (non-hydrogen) atoms. The van der Waals surface area contributed by atoms with Crippen LogP contribution in [0.4, 0.5) is 13.2 Å². The summed E-state index contributed by atoms with van der Waals surface area (Å²) in [7, 11) is 8.04. The molecule has 11 amide bonds. The van der Waals surface area contributed by atoms with E-state index < -0.39 is 180 Å². The Balaban J connectivity index is 2.93. The number of nitrogens with one attached hydrogen (secondary N) is 4. The maximum atomic E-state index is 15.1. The quantitative estimate of drug-likeness (QED) is 0.0824. The van der Waals surface area contributed by atoms with Crippen molar-refractivity contribution in [3.05, 3.63) is 0 Å². The summed E-state index contributed by atoms with van der Waals surface area (Å²) in [4.78, 5) is 168. The normalized spacial score (nSPS) is 26.6. The van der Waals surface area contributed by atoms with Crippen molar-refractivity contribution in [3.63, 3.8) is 0 Å². The number of ether oxygens (including phenoxy) is 2. The second kappa shape index (κ2) is 39.1. The lowest BCUT2D eigenvalue weighted by atomic mass is 9.78. The number of hydrogen-bond donors (Lipinski definition) is 5. The van der Waals surface area contributed by atoms with Gasteiger partial charge in [0.2, 0.25) is 65.0 Å². The summed E-state index contributed by atoms with van der Waals surface area (Å²) in [5.41, 5.74) is -3.27. The van der Waals surface area contributed by atoms with E-state index in [1.165, 1.54) is 79.8 Å². The predicted molar refractivity (Wildman–Crippen MR) is 358 cm³/mol. The summed E-state index contributed by atoms with van der Waals surface area (Å²) < 4.78 is 53.6. The van der Waals surface area contributed by atoms with Gasteiger partial charge in [0.05, 0.1) is 51.0 Å². The molecule has 552 valence electrons. The highest BCUT2D eigenvalue weighted by Crippen LogP contribution is 2.43. The SMILES string of the molecule is CCCCN1CC(=O)N(C)CC(=O)N(C)[C@@H](COCCC(C)C)C(=O)N(C)CC(=O)N[C@@H](CCC2CCC(C(F)(F)F)C(Cl)C2)C(=O)N(C)[C@@H](COCC(C)(C)O)C(=O)NC(C)(C)C(=O)N(C)[C@@H](C(C)C)C(=O)N[C@H](C)CC(=O)N(C)[C@@H](CC(C)C)C(=O)N[C@@H]([C@@H](C)CC)C1=O. The van der Waals surface area contributed by atoms with Crippen molar-refractivity contribution in [2.24, 2.45) is 35.5 Å². The Hall–Kier alpha value is -5.87. The lowest BCUT2D eigenvalue weighted by molar-refractivity contribution is -0.182. The van der Waals surface area contributed by atoms with Crippen LogP contribution >= 0.6 is 11.6 Å². The number of carbonyl (C=O) groups excluding carboxylic acids is 11. The van der Waals surface area contributed by atoms with Gasteiger partial charge in [-0.1, -0.05) is 75.2 Å². The number of hydrogen-bond acceptors (Lipinski definition) is 14. The molecule has 1 aliphatic heterocycles. The van der Waals surface area contributed by atoms with E-state index in [0.29, 0.717) is 25.7 Å². The average Bonchev–Trinajstić information content (AvgIpc) is 1.06. The number of halogens is 4. The van der Waals surface area contributed by atoms with E-state index in [2.05, 4.69) is 21.3 Å². The van der Waals surface area contributed by atoms with Crippen LogP contribution in [0.25, 0.3) is 0 Å². The van der Waals surface area contributed by atoms with Gasteiger partial charge in [0.15, 0.2) is 0 Å². The molecule has 1 heterocycles. The number of aliphatic hydroxyl groups is 1. The maximum Gasteiger partial charge on any atom is 0.393 e. The Morgan fingerprint density at radius 1 is 0.667 bits per heavy atom. The second-order valence-corrected chi connectivity index (χ2v) is 29.6. The Bertz CT molecular complexity index is 2610. The molecule has 0 aromatic heterocycles. The monoisotopic (exact) mass is 1390 g/mol. The molecule has 5 N–H and O–H groups in total. The van der Waals surface area contributed by atoms with Crippen LogP contribution < -0.4 is 21.3 Å².